The molecule has 0 atom stereocenters. The number of rotatable bonds is 0. The largest absolute Gasteiger partial charge is 0.256 e. The quantitative estimate of drug-likeness (QED) is 0.448. The molecule has 0 unspecified atom stereocenters. The molecular formula is C18H13N. The van der Waals surface area contributed by atoms with Crippen molar-refractivity contribution in [2.75, 3.05) is 0 Å². The Morgan fingerprint density at radius 2 is 1.26 bits per heavy atom. The van der Waals surface area contributed by atoms with Gasteiger partial charge >= 0.3 is 0 Å². The number of pyridine rings is 1. The van der Waals surface area contributed by atoms with E-state index in [1.54, 1.807) is 0 Å². The van der Waals surface area contributed by atoms with Gasteiger partial charge in [-0.15, -0.1) is 0 Å². The fraction of sp³-hybridized carbons (Fsp3) is 0.0556. The zero-order chi connectivity index (χ0) is 12.7. The molecule has 90 valence electrons. The lowest BCUT2D eigenvalue weighted by Gasteiger charge is -2.08. The van der Waals surface area contributed by atoms with Crippen molar-refractivity contribution in [3.05, 3.63) is 78.0 Å². The van der Waals surface area contributed by atoms with E-state index >= 15 is 0 Å². The molecule has 1 heterocycles. The third-order valence-electron chi connectivity index (χ3n) is 3.77. The zero-order valence-corrected chi connectivity index (χ0v) is 10.5. The molecule has 0 saturated carbocycles. The molecule has 0 saturated heterocycles. The second kappa shape index (κ2) is 4.06. The first-order valence-corrected chi connectivity index (χ1v) is 6.55. The summed E-state index contributed by atoms with van der Waals surface area (Å²) in [6, 6.07) is 21.4. The fourth-order valence-electron chi connectivity index (χ4n) is 2.89. The Labute approximate surface area is 112 Å². The Hall–Kier alpha value is -2.41. The molecule has 19 heavy (non-hydrogen) atoms. The van der Waals surface area contributed by atoms with Crippen molar-refractivity contribution in [1.82, 2.24) is 4.98 Å². The van der Waals surface area contributed by atoms with E-state index in [0.29, 0.717) is 0 Å². The highest BCUT2D eigenvalue weighted by Gasteiger charge is 2.18. The van der Waals surface area contributed by atoms with Gasteiger partial charge in [-0.3, -0.25) is 4.98 Å². The maximum Gasteiger partial charge on any atom is 0.0783 e. The number of benzene rings is 2. The fourth-order valence-corrected chi connectivity index (χ4v) is 2.89. The molecule has 1 aliphatic rings. The molecule has 1 heteroatoms. The summed E-state index contributed by atoms with van der Waals surface area (Å²) in [5.41, 5.74) is 7.64. The second-order valence-corrected chi connectivity index (χ2v) is 4.89. The lowest BCUT2D eigenvalue weighted by atomic mass is 9.98. The van der Waals surface area contributed by atoms with Gasteiger partial charge in [0.05, 0.1) is 5.69 Å². The van der Waals surface area contributed by atoms with Gasteiger partial charge < -0.3 is 0 Å². The molecule has 2 aromatic carbocycles. The Kier molecular flexibility index (Phi) is 2.25. The highest BCUT2D eigenvalue weighted by Crippen LogP contribution is 2.38. The molecule has 1 nitrogen and oxygen atoms in total. The van der Waals surface area contributed by atoms with Crippen LogP contribution in [0.2, 0.25) is 0 Å². The summed E-state index contributed by atoms with van der Waals surface area (Å²) in [5.74, 6) is 0. The molecule has 0 bridgehead atoms. The van der Waals surface area contributed by atoms with Crippen molar-refractivity contribution in [2.45, 2.75) is 6.42 Å². The van der Waals surface area contributed by atoms with E-state index in [-0.39, 0.29) is 0 Å². The summed E-state index contributed by atoms with van der Waals surface area (Å²) in [6.45, 7) is 0. The minimum atomic E-state index is 0.975. The van der Waals surface area contributed by atoms with Gasteiger partial charge in [0, 0.05) is 17.3 Å². The van der Waals surface area contributed by atoms with Gasteiger partial charge in [-0.2, -0.15) is 0 Å². The van der Waals surface area contributed by atoms with Crippen molar-refractivity contribution in [3.8, 4) is 22.4 Å². The van der Waals surface area contributed by atoms with E-state index in [2.05, 4.69) is 59.6 Å². The Bertz CT molecular complexity index is 694. The van der Waals surface area contributed by atoms with Gasteiger partial charge in [0.15, 0.2) is 0 Å². The summed E-state index contributed by atoms with van der Waals surface area (Å²) in [6.07, 6.45) is 2.85. The van der Waals surface area contributed by atoms with Crippen LogP contribution in [0.25, 0.3) is 22.4 Å². The van der Waals surface area contributed by atoms with Crippen molar-refractivity contribution < 1.29 is 0 Å². The highest BCUT2D eigenvalue weighted by molar-refractivity contribution is 5.85. The van der Waals surface area contributed by atoms with Crippen LogP contribution in [0, 0.1) is 0 Å². The third kappa shape index (κ3) is 1.59. The van der Waals surface area contributed by atoms with Crippen molar-refractivity contribution in [1.29, 1.82) is 0 Å². The van der Waals surface area contributed by atoms with E-state index < -0.39 is 0 Å². The first-order valence-electron chi connectivity index (χ1n) is 6.55. The van der Waals surface area contributed by atoms with Crippen LogP contribution in [0.5, 0.6) is 0 Å². The minimum Gasteiger partial charge on any atom is -0.256 e. The Morgan fingerprint density at radius 3 is 2.11 bits per heavy atom. The second-order valence-electron chi connectivity index (χ2n) is 4.89. The molecule has 3 aromatic rings. The molecule has 1 aromatic heterocycles. The summed E-state index contributed by atoms with van der Waals surface area (Å²) in [4.78, 5) is 4.62. The van der Waals surface area contributed by atoms with E-state index in [0.717, 1.165) is 12.1 Å². The molecule has 0 spiro atoms. The predicted octanol–water partition coefficient (Wildman–Crippen LogP) is 4.32. The SMILES string of the molecule is c1ccc2c(c1)Cc1ccccc1-c1ncccc1-2. The molecule has 0 N–H and O–H groups in total. The smallest absolute Gasteiger partial charge is 0.0783 e. The van der Waals surface area contributed by atoms with Gasteiger partial charge in [0.25, 0.3) is 0 Å². The van der Waals surface area contributed by atoms with E-state index in [1.165, 1.54) is 27.8 Å². The van der Waals surface area contributed by atoms with Crippen LogP contribution < -0.4 is 0 Å². The van der Waals surface area contributed by atoms with Crippen molar-refractivity contribution in [3.63, 3.8) is 0 Å². The monoisotopic (exact) mass is 243 g/mol. The van der Waals surface area contributed by atoms with Crippen molar-refractivity contribution in [2.24, 2.45) is 0 Å². The van der Waals surface area contributed by atoms with Crippen LogP contribution in [0.4, 0.5) is 0 Å². The molecular weight excluding hydrogens is 230 g/mol. The van der Waals surface area contributed by atoms with E-state index in [4.69, 9.17) is 0 Å². The average Bonchev–Trinajstić information content (AvgIpc) is 2.62. The van der Waals surface area contributed by atoms with E-state index in [9.17, 15) is 0 Å². The first-order chi connectivity index (χ1) is 9.43. The lowest BCUT2D eigenvalue weighted by molar-refractivity contribution is 1.21. The summed E-state index contributed by atoms with van der Waals surface area (Å²) >= 11 is 0. The molecule has 0 radical (unpaired) electrons. The molecule has 0 aliphatic heterocycles. The van der Waals surface area contributed by atoms with Crippen molar-refractivity contribution >= 4 is 0 Å². The van der Waals surface area contributed by atoms with Crippen LogP contribution in [0.3, 0.4) is 0 Å². The zero-order valence-electron chi connectivity index (χ0n) is 10.5. The molecule has 0 amide bonds. The first kappa shape index (κ1) is 10.5. The number of aromatic nitrogens is 1. The van der Waals surface area contributed by atoms with E-state index in [1.807, 2.05) is 12.3 Å². The van der Waals surface area contributed by atoms with Gasteiger partial charge in [0.1, 0.15) is 0 Å². The highest BCUT2D eigenvalue weighted by atomic mass is 14.7. The maximum atomic E-state index is 4.62. The summed E-state index contributed by atoms with van der Waals surface area (Å²) in [5, 5.41) is 0. The Morgan fingerprint density at radius 1 is 0.632 bits per heavy atom. The van der Waals surface area contributed by atoms with Crippen LogP contribution in [-0.2, 0) is 6.42 Å². The maximum absolute atomic E-state index is 4.62. The molecule has 4 rings (SSSR count). The average molecular weight is 243 g/mol. The lowest BCUT2D eigenvalue weighted by Crippen LogP contribution is -1.89. The number of hydrogen-bond donors (Lipinski definition) is 0. The topological polar surface area (TPSA) is 12.9 Å². The van der Waals surface area contributed by atoms with Gasteiger partial charge in [0.2, 0.25) is 0 Å². The van der Waals surface area contributed by atoms with Gasteiger partial charge in [-0.1, -0.05) is 54.6 Å². The van der Waals surface area contributed by atoms with Crippen LogP contribution in [0.1, 0.15) is 11.1 Å². The molecule has 0 fully saturated rings. The summed E-state index contributed by atoms with van der Waals surface area (Å²) in [7, 11) is 0. The standard InChI is InChI=1S/C18H13N/c1-3-8-15-13(6-1)12-14-7-2-4-9-16(14)18-17(15)10-5-11-19-18/h1-11H,12H2. The third-order valence-corrected chi connectivity index (χ3v) is 3.77. The summed E-state index contributed by atoms with van der Waals surface area (Å²) < 4.78 is 0. The minimum absolute atomic E-state index is 0.975. The van der Waals surface area contributed by atoms with Crippen LogP contribution in [0.15, 0.2) is 66.9 Å². The Balaban J connectivity index is 2.13. The van der Waals surface area contributed by atoms with Crippen LogP contribution in [-0.4, -0.2) is 4.98 Å². The predicted molar refractivity (Wildman–Crippen MR) is 77.9 cm³/mol. The normalized spacial score (nSPS) is 12.0. The van der Waals surface area contributed by atoms with Gasteiger partial charge in [-0.25, -0.2) is 0 Å². The number of hydrogen-bond acceptors (Lipinski definition) is 1. The molecule has 1 aliphatic carbocycles. The van der Waals surface area contributed by atoms with Crippen LogP contribution >= 0.6 is 0 Å². The number of fused-ring (bicyclic) bond motifs is 5. The van der Waals surface area contributed by atoms with Gasteiger partial charge in [-0.05, 0) is 29.2 Å². The number of nitrogens with zero attached hydrogens (tertiary/aromatic N) is 1.